The zero-order valence-electron chi connectivity index (χ0n) is 15.6. The Labute approximate surface area is 150 Å². The van der Waals surface area contributed by atoms with Gasteiger partial charge in [-0.1, -0.05) is 0 Å². The number of ether oxygens (including phenoxy) is 1. The highest BCUT2D eigenvalue weighted by atomic mass is 16.5. The average Bonchev–Trinajstić information content (AvgIpc) is 3.05. The van der Waals surface area contributed by atoms with Gasteiger partial charge in [0.25, 0.3) is 0 Å². The van der Waals surface area contributed by atoms with Gasteiger partial charge in [0.1, 0.15) is 5.82 Å². The molecule has 3 rings (SSSR count). The van der Waals surface area contributed by atoms with Gasteiger partial charge in [0.15, 0.2) is 0 Å². The second kappa shape index (κ2) is 8.78. The molecule has 1 amide bonds. The van der Waals surface area contributed by atoms with Gasteiger partial charge in [0.2, 0.25) is 5.91 Å². The highest BCUT2D eigenvalue weighted by molar-refractivity contribution is 5.76. The molecule has 1 aromatic heterocycles. The fourth-order valence-corrected chi connectivity index (χ4v) is 3.60. The first-order valence-electron chi connectivity index (χ1n) is 9.41. The van der Waals surface area contributed by atoms with E-state index in [1.807, 2.05) is 24.3 Å². The lowest BCUT2D eigenvalue weighted by Gasteiger charge is -2.35. The molecule has 7 nitrogen and oxygen atoms in total. The molecule has 0 N–H and O–H groups in total. The number of aromatic nitrogens is 2. The molecule has 0 bridgehead atoms. The molecule has 3 heterocycles. The Morgan fingerprint density at radius 1 is 1.20 bits per heavy atom. The molecule has 2 aliphatic heterocycles. The van der Waals surface area contributed by atoms with Crippen molar-refractivity contribution in [2.24, 2.45) is 7.05 Å². The van der Waals surface area contributed by atoms with Gasteiger partial charge in [-0.2, -0.15) is 0 Å². The first kappa shape index (κ1) is 18.4. The minimum atomic E-state index is 0.303. The molecule has 7 heteroatoms. The highest BCUT2D eigenvalue weighted by Crippen LogP contribution is 2.12. The SMILES string of the molecule is C[C@@H](CCC(=O)N1CCN(Cc2nccn2C)CC1)N1CCOCC1. The summed E-state index contributed by atoms with van der Waals surface area (Å²) < 4.78 is 7.46. The number of rotatable bonds is 6. The Balaban J connectivity index is 1.37. The van der Waals surface area contributed by atoms with Crippen LogP contribution in [0, 0.1) is 0 Å². The summed E-state index contributed by atoms with van der Waals surface area (Å²) in [5.74, 6) is 1.39. The molecule has 2 aliphatic rings. The molecule has 0 unspecified atom stereocenters. The van der Waals surface area contributed by atoms with E-state index in [9.17, 15) is 4.79 Å². The number of carbonyl (C=O) groups excluding carboxylic acids is 1. The molecule has 2 saturated heterocycles. The van der Waals surface area contributed by atoms with Crippen LogP contribution in [-0.4, -0.2) is 88.7 Å². The molecule has 2 fully saturated rings. The predicted molar refractivity (Wildman–Crippen MR) is 96.2 cm³/mol. The number of nitrogens with zero attached hydrogens (tertiary/aromatic N) is 5. The molecule has 0 radical (unpaired) electrons. The van der Waals surface area contributed by atoms with Gasteiger partial charge in [0, 0.05) is 71.2 Å². The van der Waals surface area contributed by atoms with E-state index in [-0.39, 0.29) is 0 Å². The summed E-state index contributed by atoms with van der Waals surface area (Å²) in [6.07, 6.45) is 5.40. The third-order valence-corrected chi connectivity index (χ3v) is 5.46. The number of morpholine rings is 1. The average molecular weight is 349 g/mol. The Morgan fingerprint density at radius 3 is 2.56 bits per heavy atom. The van der Waals surface area contributed by atoms with Gasteiger partial charge >= 0.3 is 0 Å². The number of piperazine rings is 1. The maximum absolute atomic E-state index is 12.5. The molecule has 140 valence electrons. The normalized spacial score (nSPS) is 21.4. The van der Waals surface area contributed by atoms with E-state index in [4.69, 9.17) is 4.74 Å². The van der Waals surface area contributed by atoms with E-state index in [0.29, 0.717) is 18.4 Å². The topological polar surface area (TPSA) is 53.8 Å². The first-order valence-corrected chi connectivity index (χ1v) is 9.41. The van der Waals surface area contributed by atoms with Crippen molar-refractivity contribution < 1.29 is 9.53 Å². The lowest BCUT2D eigenvalue weighted by Crippen LogP contribution is -2.49. The van der Waals surface area contributed by atoms with Crippen LogP contribution in [0.15, 0.2) is 12.4 Å². The Morgan fingerprint density at radius 2 is 1.92 bits per heavy atom. The van der Waals surface area contributed by atoms with Gasteiger partial charge in [-0.05, 0) is 13.3 Å². The molecule has 1 aromatic rings. The number of hydrogen-bond acceptors (Lipinski definition) is 5. The molecule has 0 aromatic carbocycles. The van der Waals surface area contributed by atoms with E-state index in [1.165, 1.54) is 0 Å². The van der Waals surface area contributed by atoms with Crippen LogP contribution in [0.3, 0.4) is 0 Å². The van der Waals surface area contributed by atoms with Crippen molar-refractivity contribution in [3.05, 3.63) is 18.2 Å². The molecule has 0 spiro atoms. The van der Waals surface area contributed by atoms with Crippen molar-refractivity contribution in [3.8, 4) is 0 Å². The summed E-state index contributed by atoms with van der Waals surface area (Å²) in [5.41, 5.74) is 0. The molecular weight excluding hydrogens is 318 g/mol. The lowest BCUT2D eigenvalue weighted by atomic mass is 10.1. The monoisotopic (exact) mass is 349 g/mol. The van der Waals surface area contributed by atoms with E-state index >= 15 is 0 Å². The van der Waals surface area contributed by atoms with Crippen molar-refractivity contribution in [1.29, 1.82) is 0 Å². The van der Waals surface area contributed by atoms with Crippen LogP contribution in [0.4, 0.5) is 0 Å². The minimum Gasteiger partial charge on any atom is -0.379 e. The molecule has 0 aliphatic carbocycles. The summed E-state index contributed by atoms with van der Waals surface area (Å²) in [6, 6.07) is 0.456. The molecule has 0 saturated carbocycles. The van der Waals surface area contributed by atoms with Crippen molar-refractivity contribution in [2.75, 3.05) is 52.5 Å². The summed E-state index contributed by atoms with van der Waals surface area (Å²) >= 11 is 0. The largest absolute Gasteiger partial charge is 0.379 e. The van der Waals surface area contributed by atoms with Crippen molar-refractivity contribution in [2.45, 2.75) is 32.4 Å². The van der Waals surface area contributed by atoms with Crippen molar-refractivity contribution in [1.82, 2.24) is 24.3 Å². The van der Waals surface area contributed by atoms with Gasteiger partial charge < -0.3 is 14.2 Å². The van der Waals surface area contributed by atoms with E-state index in [0.717, 1.165) is 71.3 Å². The lowest BCUT2D eigenvalue weighted by molar-refractivity contribution is -0.133. The predicted octanol–water partition coefficient (Wildman–Crippen LogP) is 0.565. The number of imidazole rings is 1. The van der Waals surface area contributed by atoms with E-state index in [2.05, 4.69) is 26.3 Å². The minimum absolute atomic E-state index is 0.303. The summed E-state index contributed by atoms with van der Waals surface area (Å²) in [4.78, 5) is 23.7. The summed E-state index contributed by atoms with van der Waals surface area (Å²) in [6.45, 7) is 10.2. The maximum atomic E-state index is 12.5. The van der Waals surface area contributed by atoms with E-state index in [1.54, 1.807) is 0 Å². The van der Waals surface area contributed by atoms with Crippen LogP contribution in [0.5, 0.6) is 0 Å². The third-order valence-electron chi connectivity index (χ3n) is 5.46. The third kappa shape index (κ3) is 5.03. The van der Waals surface area contributed by atoms with Gasteiger partial charge in [-0.3, -0.25) is 14.6 Å². The van der Waals surface area contributed by atoms with Gasteiger partial charge in [-0.25, -0.2) is 4.98 Å². The Kier molecular flexibility index (Phi) is 6.45. The van der Waals surface area contributed by atoms with Gasteiger partial charge in [-0.15, -0.1) is 0 Å². The van der Waals surface area contributed by atoms with Crippen LogP contribution in [0.1, 0.15) is 25.6 Å². The Hall–Kier alpha value is -1.44. The van der Waals surface area contributed by atoms with Crippen LogP contribution in [0.2, 0.25) is 0 Å². The van der Waals surface area contributed by atoms with Crippen LogP contribution >= 0.6 is 0 Å². The molecule has 1 atom stereocenters. The number of aryl methyl sites for hydroxylation is 1. The number of carbonyl (C=O) groups is 1. The van der Waals surface area contributed by atoms with E-state index < -0.39 is 0 Å². The van der Waals surface area contributed by atoms with Crippen LogP contribution < -0.4 is 0 Å². The standard InChI is InChI=1S/C18H31N5O2/c1-16(22-11-13-25-14-12-22)3-4-18(24)23-9-7-21(8-10-23)15-17-19-5-6-20(17)2/h5-6,16H,3-4,7-15H2,1-2H3/t16-/m0/s1. The second-order valence-electron chi connectivity index (χ2n) is 7.15. The fraction of sp³-hybridized carbons (Fsp3) is 0.778. The van der Waals surface area contributed by atoms with Crippen molar-refractivity contribution >= 4 is 5.91 Å². The van der Waals surface area contributed by atoms with Crippen molar-refractivity contribution in [3.63, 3.8) is 0 Å². The highest BCUT2D eigenvalue weighted by Gasteiger charge is 2.23. The Bertz CT molecular complexity index is 547. The summed E-state index contributed by atoms with van der Waals surface area (Å²) in [5, 5.41) is 0. The first-order chi connectivity index (χ1) is 12.1. The molecule has 25 heavy (non-hydrogen) atoms. The zero-order chi connectivity index (χ0) is 17.6. The van der Waals surface area contributed by atoms with Crippen LogP contribution in [-0.2, 0) is 23.1 Å². The number of hydrogen-bond donors (Lipinski definition) is 0. The van der Waals surface area contributed by atoms with Gasteiger partial charge in [0.05, 0.1) is 19.8 Å². The fourth-order valence-electron chi connectivity index (χ4n) is 3.60. The summed E-state index contributed by atoms with van der Waals surface area (Å²) in [7, 11) is 2.03. The zero-order valence-corrected chi connectivity index (χ0v) is 15.6. The smallest absolute Gasteiger partial charge is 0.222 e. The quantitative estimate of drug-likeness (QED) is 0.751. The maximum Gasteiger partial charge on any atom is 0.222 e. The molecular formula is C18H31N5O2. The van der Waals surface area contributed by atoms with Crippen LogP contribution in [0.25, 0.3) is 0 Å². The number of amides is 1. The second-order valence-corrected chi connectivity index (χ2v) is 7.15.